The van der Waals surface area contributed by atoms with E-state index in [2.05, 4.69) is 20.8 Å². The Kier molecular flexibility index (Phi) is 2.95. The molecule has 3 saturated carbocycles. The van der Waals surface area contributed by atoms with Crippen molar-refractivity contribution in [2.75, 3.05) is 0 Å². The fourth-order valence-electron chi connectivity index (χ4n) is 4.31. The zero-order valence-corrected chi connectivity index (χ0v) is 13.8. The van der Waals surface area contributed by atoms with Crippen LogP contribution in [0.3, 0.4) is 0 Å². The first-order chi connectivity index (χ1) is 11.5. The maximum Gasteiger partial charge on any atom is 0.315 e. The summed E-state index contributed by atoms with van der Waals surface area (Å²) >= 11 is 6.20. The van der Waals surface area contributed by atoms with Gasteiger partial charge in [0, 0.05) is 22.5 Å². The topological polar surface area (TPSA) is 90.0 Å². The van der Waals surface area contributed by atoms with E-state index in [1.54, 1.807) is 6.20 Å². The molecule has 4 N–H and O–H groups in total. The van der Waals surface area contributed by atoms with E-state index in [1.165, 1.54) is 0 Å². The van der Waals surface area contributed by atoms with Gasteiger partial charge in [0.25, 0.3) is 0 Å². The van der Waals surface area contributed by atoms with Gasteiger partial charge in [0.1, 0.15) is 0 Å². The standard InChI is InChI=1S/C17H19ClN4O2/c18-8-3-13(12-7-19-22-14(12)4-8)17(24)5-10-11(6-17)15(10)21-16(23)20-9-1-2-9/h3-4,7,9-11,15,24H,1-2,5-6H2,(H,19,22)(H2,20,21,23). The third-order valence-corrected chi connectivity index (χ3v) is 5.93. The number of nitrogens with zero attached hydrogens (tertiary/aromatic N) is 1. The molecule has 3 aliphatic rings. The summed E-state index contributed by atoms with van der Waals surface area (Å²) in [5.41, 5.74) is 0.783. The summed E-state index contributed by atoms with van der Waals surface area (Å²) in [7, 11) is 0. The van der Waals surface area contributed by atoms with Crippen LogP contribution in [0.2, 0.25) is 5.02 Å². The van der Waals surface area contributed by atoms with Crippen molar-refractivity contribution in [1.29, 1.82) is 0 Å². The summed E-state index contributed by atoms with van der Waals surface area (Å²) in [5, 5.41) is 25.7. The number of benzene rings is 1. The maximum atomic E-state index is 11.9. The lowest BCUT2D eigenvalue weighted by atomic mass is 9.86. The molecule has 0 bridgehead atoms. The van der Waals surface area contributed by atoms with Gasteiger partial charge in [-0.1, -0.05) is 11.6 Å². The molecular formula is C17H19ClN4O2. The van der Waals surface area contributed by atoms with Crippen LogP contribution in [0.15, 0.2) is 18.3 Å². The smallest absolute Gasteiger partial charge is 0.315 e. The van der Waals surface area contributed by atoms with Crippen LogP contribution in [-0.4, -0.2) is 33.4 Å². The molecule has 24 heavy (non-hydrogen) atoms. The maximum absolute atomic E-state index is 11.9. The Morgan fingerprint density at radius 2 is 2.04 bits per heavy atom. The molecule has 5 rings (SSSR count). The second-order valence-corrected chi connectivity index (χ2v) is 7.91. The molecule has 0 aliphatic heterocycles. The molecule has 2 unspecified atom stereocenters. The summed E-state index contributed by atoms with van der Waals surface area (Å²) in [4.78, 5) is 11.9. The van der Waals surface area contributed by atoms with Crippen molar-refractivity contribution in [2.24, 2.45) is 11.8 Å². The van der Waals surface area contributed by atoms with Crippen molar-refractivity contribution >= 4 is 28.5 Å². The molecule has 126 valence electrons. The molecule has 2 atom stereocenters. The van der Waals surface area contributed by atoms with E-state index < -0.39 is 5.60 Å². The molecule has 1 heterocycles. The third kappa shape index (κ3) is 2.28. The van der Waals surface area contributed by atoms with Crippen molar-refractivity contribution < 1.29 is 9.90 Å². The number of urea groups is 1. The second-order valence-electron chi connectivity index (χ2n) is 7.47. The summed E-state index contributed by atoms with van der Waals surface area (Å²) in [6.45, 7) is 0. The number of aliphatic hydroxyl groups is 1. The zero-order valence-electron chi connectivity index (χ0n) is 13.1. The number of hydrogen-bond donors (Lipinski definition) is 4. The Balaban J connectivity index is 1.32. The number of H-pyrrole nitrogens is 1. The molecule has 0 spiro atoms. The number of fused-ring (bicyclic) bond motifs is 2. The Bertz CT molecular complexity index is 819. The number of carbonyl (C=O) groups excluding carboxylic acids is 1. The highest BCUT2D eigenvalue weighted by atomic mass is 35.5. The van der Waals surface area contributed by atoms with Gasteiger partial charge in [0.05, 0.1) is 17.3 Å². The fraction of sp³-hybridized carbons (Fsp3) is 0.529. The number of carbonyl (C=O) groups is 1. The van der Waals surface area contributed by atoms with Gasteiger partial charge in [-0.15, -0.1) is 0 Å². The van der Waals surface area contributed by atoms with Gasteiger partial charge in [-0.05, 0) is 55.2 Å². The number of aromatic amines is 1. The summed E-state index contributed by atoms with van der Waals surface area (Å²) in [6.07, 6.45) is 5.20. The summed E-state index contributed by atoms with van der Waals surface area (Å²) < 4.78 is 0. The number of nitrogens with one attached hydrogen (secondary N) is 3. The van der Waals surface area contributed by atoms with Gasteiger partial charge in [-0.2, -0.15) is 5.10 Å². The first kappa shape index (κ1) is 14.5. The van der Waals surface area contributed by atoms with Gasteiger partial charge in [0.15, 0.2) is 0 Å². The van der Waals surface area contributed by atoms with Crippen molar-refractivity contribution in [1.82, 2.24) is 20.8 Å². The van der Waals surface area contributed by atoms with Gasteiger partial charge < -0.3 is 15.7 Å². The predicted molar refractivity (Wildman–Crippen MR) is 89.7 cm³/mol. The van der Waals surface area contributed by atoms with Gasteiger partial charge >= 0.3 is 6.03 Å². The average molecular weight is 347 g/mol. The van der Waals surface area contributed by atoms with Crippen LogP contribution >= 0.6 is 11.6 Å². The Morgan fingerprint density at radius 1 is 1.29 bits per heavy atom. The van der Waals surface area contributed by atoms with E-state index in [-0.39, 0.29) is 12.1 Å². The van der Waals surface area contributed by atoms with E-state index in [0.29, 0.717) is 35.7 Å². The van der Waals surface area contributed by atoms with Crippen molar-refractivity contribution in [2.45, 2.75) is 43.4 Å². The van der Waals surface area contributed by atoms with Gasteiger partial charge in [0.2, 0.25) is 0 Å². The highest BCUT2D eigenvalue weighted by Gasteiger charge is 2.62. The van der Waals surface area contributed by atoms with E-state index in [1.807, 2.05) is 12.1 Å². The first-order valence-corrected chi connectivity index (χ1v) is 8.84. The first-order valence-electron chi connectivity index (χ1n) is 8.46. The van der Waals surface area contributed by atoms with Crippen molar-refractivity contribution in [3.63, 3.8) is 0 Å². The monoisotopic (exact) mass is 346 g/mol. The lowest BCUT2D eigenvalue weighted by Gasteiger charge is -2.27. The van der Waals surface area contributed by atoms with E-state index in [4.69, 9.17) is 11.6 Å². The van der Waals surface area contributed by atoms with Gasteiger partial charge in [-0.3, -0.25) is 5.10 Å². The normalized spacial score (nSPS) is 34.2. The van der Waals surface area contributed by atoms with Crippen LogP contribution in [0, 0.1) is 11.8 Å². The minimum atomic E-state index is -0.895. The minimum Gasteiger partial charge on any atom is -0.385 e. The molecule has 0 radical (unpaired) electrons. The number of halogens is 1. The second kappa shape index (κ2) is 4.86. The number of amides is 2. The van der Waals surface area contributed by atoms with Gasteiger partial charge in [-0.25, -0.2) is 4.79 Å². The minimum absolute atomic E-state index is 0.0691. The molecular weight excluding hydrogens is 328 g/mol. The zero-order chi connectivity index (χ0) is 16.5. The Morgan fingerprint density at radius 3 is 2.75 bits per heavy atom. The highest BCUT2D eigenvalue weighted by Crippen LogP contribution is 2.60. The largest absolute Gasteiger partial charge is 0.385 e. The number of rotatable bonds is 3. The lowest BCUT2D eigenvalue weighted by Crippen LogP contribution is -2.40. The van der Waals surface area contributed by atoms with Crippen LogP contribution in [0.1, 0.15) is 31.2 Å². The SMILES string of the molecule is O=C(NC1CC1)NC1C2CC(O)(c3cc(Cl)cc4[nH]ncc34)CC21. The van der Waals surface area contributed by atoms with Crippen molar-refractivity contribution in [3.8, 4) is 0 Å². The van der Waals surface area contributed by atoms with E-state index >= 15 is 0 Å². The molecule has 1 aromatic heterocycles. The Labute approximate surface area is 144 Å². The molecule has 3 aliphatic carbocycles. The molecule has 3 fully saturated rings. The quantitative estimate of drug-likeness (QED) is 0.687. The highest BCUT2D eigenvalue weighted by molar-refractivity contribution is 6.31. The fourth-order valence-corrected chi connectivity index (χ4v) is 4.52. The summed E-state index contributed by atoms with van der Waals surface area (Å²) in [5.74, 6) is 0.668. The van der Waals surface area contributed by atoms with Crippen LogP contribution in [0.5, 0.6) is 0 Å². The summed E-state index contributed by atoms with van der Waals surface area (Å²) in [6, 6.07) is 4.13. The molecule has 2 amide bonds. The predicted octanol–water partition coefficient (Wildman–Crippen LogP) is 2.27. The lowest BCUT2D eigenvalue weighted by molar-refractivity contribution is 0.0299. The van der Waals surface area contributed by atoms with Crippen LogP contribution < -0.4 is 10.6 Å². The van der Waals surface area contributed by atoms with Crippen LogP contribution in [0.25, 0.3) is 10.9 Å². The number of hydrogen-bond acceptors (Lipinski definition) is 3. The average Bonchev–Trinajstić information content (AvgIpc) is 3.33. The molecule has 1 aromatic carbocycles. The van der Waals surface area contributed by atoms with E-state index in [0.717, 1.165) is 29.3 Å². The Hall–Kier alpha value is -1.79. The third-order valence-electron chi connectivity index (χ3n) is 5.71. The molecule has 2 aromatic rings. The van der Waals surface area contributed by atoms with Crippen molar-refractivity contribution in [3.05, 3.63) is 28.9 Å². The van der Waals surface area contributed by atoms with E-state index in [9.17, 15) is 9.90 Å². The van der Waals surface area contributed by atoms with Crippen LogP contribution in [-0.2, 0) is 5.60 Å². The molecule has 0 saturated heterocycles. The molecule has 7 heteroatoms. The molecule has 6 nitrogen and oxygen atoms in total. The van der Waals surface area contributed by atoms with Crippen LogP contribution in [0.4, 0.5) is 4.79 Å². The number of aromatic nitrogens is 2.